The van der Waals surface area contributed by atoms with E-state index in [0.29, 0.717) is 28.5 Å². The number of methoxy groups -OCH3 is 1. The van der Waals surface area contributed by atoms with Gasteiger partial charge in [0.15, 0.2) is 0 Å². The van der Waals surface area contributed by atoms with Crippen LogP contribution in [0.4, 0.5) is 5.69 Å². The van der Waals surface area contributed by atoms with Gasteiger partial charge in [0.1, 0.15) is 16.9 Å². The molecule has 2 N–H and O–H groups in total. The summed E-state index contributed by atoms with van der Waals surface area (Å²) in [5.41, 5.74) is 2.49. The quantitative estimate of drug-likeness (QED) is 0.244. The van der Waals surface area contributed by atoms with Crippen LogP contribution < -0.4 is 15.4 Å². The maximum Gasteiger partial charge on any atom is 0.256 e. The molecule has 2 aliphatic carbocycles. The lowest BCUT2D eigenvalue weighted by atomic mass is 9.84. The molecular weight excluding hydrogens is 496 g/mol. The molecule has 0 aliphatic heterocycles. The molecule has 0 saturated heterocycles. The second-order valence-corrected chi connectivity index (χ2v) is 11.6. The molecule has 4 aromatic rings. The lowest BCUT2D eigenvalue weighted by Gasteiger charge is -2.28. The standard InChI is InChI=1S/C31H32N2O4S/c1-18(23-14-19-11-12-20(23)13-19)32-30(34)17-38-29-10-6-4-8-22(29)31(35)33-25-16-27-24(15-28(25)36-2)21-7-3-5-9-26(21)37-27/h3-10,15-16,18-20,23H,11-14,17H2,1-2H3,(H,32,34)(H,33,35)/t18-,19-,20-,23-/m0/s1. The van der Waals surface area contributed by atoms with Gasteiger partial charge in [-0.1, -0.05) is 36.8 Å². The molecule has 1 aromatic heterocycles. The van der Waals surface area contributed by atoms with Gasteiger partial charge in [0.05, 0.1) is 24.1 Å². The monoisotopic (exact) mass is 528 g/mol. The number of furan rings is 1. The molecule has 38 heavy (non-hydrogen) atoms. The Morgan fingerprint density at radius 3 is 2.63 bits per heavy atom. The van der Waals surface area contributed by atoms with E-state index in [9.17, 15) is 9.59 Å². The van der Waals surface area contributed by atoms with Gasteiger partial charge in [-0.2, -0.15) is 0 Å². The molecule has 2 bridgehead atoms. The maximum atomic E-state index is 13.4. The van der Waals surface area contributed by atoms with Gasteiger partial charge in [-0.05, 0) is 68.2 Å². The molecule has 0 unspecified atom stereocenters. The average Bonchev–Trinajstić information content (AvgIpc) is 3.66. The minimum atomic E-state index is -0.266. The Bertz CT molecular complexity index is 1510. The molecule has 7 heteroatoms. The fourth-order valence-corrected chi connectivity index (χ4v) is 7.30. The summed E-state index contributed by atoms with van der Waals surface area (Å²) in [6.45, 7) is 2.14. The first-order valence-corrected chi connectivity index (χ1v) is 14.3. The molecule has 1 heterocycles. The Labute approximate surface area is 226 Å². The normalized spacial score (nSPS) is 21.1. The third-order valence-corrected chi connectivity index (χ3v) is 9.33. The van der Waals surface area contributed by atoms with E-state index in [4.69, 9.17) is 9.15 Å². The van der Waals surface area contributed by atoms with E-state index in [1.165, 1.54) is 37.4 Å². The number of carbonyl (C=O) groups excluding carboxylic acids is 2. The minimum Gasteiger partial charge on any atom is -0.495 e. The number of fused-ring (bicyclic) bond motifs is 5. The van der Waals surface area contributed by atoms with E-state index < -0.39 is 0 Å². The van der Waals surface area contributed by atoms with E-state index in [-0.39, 0.29) is 23.6 Å². The van der Waals surface area contributed by atoms with Crippen molar-refractivity contribution in [1.29, 1.82) is 0 Å². The van der Waals surface area contributed by atoms with E-state index in [0.717, 1.165) is 33.1 Å². The molecule has 0 radical (unpaired) electrons. The summed E-state index contributed by atoms with van der Waals surface area (Å²) in [5, 5.41) is 8.13. The molecule has 6 rings (SSSR count). The van der Waals surface area contributed by atoms with Gasteiger partial charge in [-0.25, -0.2) is 0 Å². The van der Waals surface area contributed by atoms with Gasteiger partial charge in [0.2, 0.25) is 5.91 Å². The van der Waals surface area contributed by atoms with Gasteiger partial charge in [0, 0.05) is 27.8 Å². The van der Waals surface area contributed by atoms with E-state index in [2.05, 4.69) is 17.6 Å². The van der Waals surface area contributed by atoms with Gasteiger partial charge < -0.3 is 19.8 Å². The predicted octanol–water partition coefficient (Wildman–Crippen LogP) is 6.88. The fraction of sp³-hybridized carbons (Fsp3) is 0.355. The van der Waals surface area contributed by atoms with Crippen LogP contribution in [-0.2, 0) is 4.79 Å². The summed E-state index contributed by atoms with van der Waals surface area (Å²) in [4.78, 5) is 26.9. The first kappa shape index (κ1) is 24.9. The van der Waals surface area contributed by atoms with Crippen molar-refractivity contribution in [3.63, 3.8) is 0 Å². The molecule has 2 amide bonds. The van der Waals surface area contributed by atoms with Crippen LogP contribution in [-0.4, -0.2) is 30.7 Å². The van der Waals surface area contributed by atoms with Crippen molar-refractivity contribution in [1.82, 2.24) is 5.32 Å². The first-order valence-electron chi connectivity index (χ1n) is 13.3. The van der Waals surface area contributed by atoms with Crippen LogP contribution in [0.15, 0.2) is 70.0 Å². The van der Waals surface area contributed by atoms with Gasteiger partial charge in [0.25, 0.3) is 5.91 Å². The summed E-state index contributed by atoms with van der Waals surface area (Å²) in [5.74, 6) is 2.79. The lowest BCUT2D eigenvalue weighted by Crippen LogP contribution is -2.40. The van der Waals surface area contributed by atoms with Crippen molar-refractivity contribution in [3.05, 3.63) is 66.2 Å². The molecular formula is C31H32N2O4S. The number of para-hydroxylation sites is 1. The Balaban J connectivity index is 1.15. The first-order chi connectivity index (χ1) is 18.5. The summed E-state index contributed by atoms with van der Waals surface area (Å²) in [6, 6.07) is 19.1. The van der Waals surface area contributed by atoms with Crippen LogP contribution in [0.25, 0.3) is 21.9 Å². The molecule has 2 aliphatic rings. The predicted molar refractivity (Wildman–Crippen MR) is 152 cm³/mol. The smallest absolute Gasteiger partial charge is 0.256 e. The second-order valence-electron chi connectivity index (χ2n) is 10.6. The number of anilines is 1. The molecule has 3 aromatic carbocycles. The van der Waals surface area contributed by atoms with E-state index in [1.54, 1.807) is 19.2 Å². The number of carbonyl (C=O) groups is 2. The van der Waals surface area contributed by atoms with Crippen LogP contribution in [0, 0.1) is 17.8 Å². The number of hydrogen-bond donors (Lipinski definition) is 2. The summed E-state index contributed by atoms with van der Waals surface area (Å²) < 4.78 is 11.6. The maximum absolute atomic E-state index is 13.4. The van der Waals surface area contributed by atoms with Gasteiger partial charge >= 0.3 is 0 Å². The Hall–Kier alpha value is -3.45. The highest BCUT2D eigenvalue weighted by Crippen LogP contribution is 2.49. The number of rotatable bonds is 8. The Kier molecular flexibility index (Phi) is 6.78. The molecule has 4 atom stereocenters. The largest absolute Gasteiger partial charge is 0.495 e. The molecule has 196 valence electrons. The van der Waals surface area contributed by atoms with Crippen LogP contribution in [0.1, 0.15) is 43.0 Å². The van der Waals surface area contributed by atoms with Crippen molar-refractivity contribution in [2.45, 2.75) is 43.5 Å². The Morgan fingerprint density at radius 2 is 1.84 bits per heavy atom. The van der Waals surface area contributed by atoms with Crippen molar-refractivity contribution in [2.24, 2.45) is 17.8 Å². The van der Waals surface area contributed by atoms with Crippen LogP contribution in [0.2, 0.25) is 0 Å². The van der Waals surface area contributed by atoms with Crippen molar-refractivity contribution in [3.8, 4) is 5.75 Å². The second kappa shape index (κ2) is 10.4. The zero-order valence-corrected chi connectivity index (χ0v) is 22.5. The van der Waals surface area contributed by atoms with Crippen molar-refractivity contribution >= 4 is 51.2 Å². The summed E-state index contributed by atoms with van der Waals surface area (Å²) in [7, 11) is 1.58. The highest BCUT2D eigenvalue weighted by Gasteiger charge is 2.42. The average molecular weight is 529 g/mol. The van der Waals surface area contributed by atoms with E-state index in [1.807, 2.05) is 48.5 Å². The van der Waals surface area contributed by atoms with E-state index >= 15 is 0 Å². The highest BCUT2D eigenvalue weighted by molar-refractivity contribution is 8.00. The van der Waals surface area contributed by atoms with Crippen LogP contribution in [0.5, 0.6) is 5.75 Å². The van der Waals surface area contributed by atoms with Gasteiger partial charge in [-0.15, -0.1) is 11.8 Å². The van der Waals surface area contributed by atoms with Crippen LogP contribution >= 0.6 is 11.8 Å². The summed E-state index contributed by atoms with van der Waals surface area (Å²) in [6.07, 6.45) is 5.23. The lowest BCUT2D eigenvalue weighted by molar-refractivity contribution is -0.119. The molecule has 0 spiro atoms. The number of hydrogen-bond acceptors (Lipinski definition) is 5. The highest BCUT2D eigenvalue weighted by atomic mass is 32.2. The number of nitrogens with one attached hydrogen (secondary N) is 2. The number of benzene rings is 3. The zero-order valence-electron chi connectivity index (χ0n) is 21.7. The molecule has 2 fully saturated rings. The third-order valence-electron chi connectivity index (χ3n) is 8.26. The van der Waals surface area contributed by atoms with Gasteiger partial charge in [-0.3, -0.25) is 9.59 Å². The molecule has 6 nitrogen and oxygen atoms in total. The van der Waals surface area contributed by atoms with Crippen LogP contribution in [0.3, 0.4) is 0 Å². The summed E-state index contributed by atoms with van der Waals surface area (Å²) >= 11 is 1.39. The number of thioether (sulfide) groups is 1. The SMILES string of the molecule is COc1cc2c(cc1NC(=O)c1ccccc1SCC(=O)N[C@@H](C)[C@@H]1C[C@H]3CC[C@H]1C3)oc1ccccc12. The topological polar surface area (TPSA) is 80.6 Å². The number of amides is 2. The Morgan fingerprint density at radius 1 is 1.03 bits per heavy atom. The number of ether oxygens (including phenoxy) is 1. The molecule has 2 saturated carbocycles. The zero-order chi connectivity index (χ0) is 26.2. The van der Waals surface area contributed by atoms with Crippen molar-refractivity contribution < 1.29 is 18.7 Å². The third kappa shape index (κ3) is 4.75. The fourth-order valence-electron chi connectivity index (χ4n) is 6.44. The van der Waals surface area contributed by atoms with Crippen molar-refractivity contribution in [2.75, 3.05) is 18.2 Å². The minimum absolute atomic E-state index is 0.0116.